The van der Waals surface area contributed by atoms with Gasteiger partial charge in [0.15, 0.2) is 0 Å². The van der Waals surface area contributed by atoms with E-state index in [1.54, 1.807) is 19.2 Å². The molecule has 43 heavy (non-hydrogen) atoms. The van der Waals surface area contributed by atoms with Crippen molar-refractivity contribution in [1.82, 2.24) is 20.3 Å². The van der Waals surface area contributed by atoms with Crippen LogP contribution in [-0.2, 0) is 22.6 Å². The van der Waals surface area contributed by atoms with Crippen molar-refractivity contribution >= 4 is 35.4 Å². The Morgan fingerprint density at radius 2 is 1.21 bits per heavy atom. The van der Waals surface area contributed by atoms with E-state index >= 15 is 0 Å². The largest absolute Gasteiger partial charge is 0.497 e. The maximum Gasteiger partial charge on any atom is 0.251 e. The summed E-state index contributed by atoms with van der Waals surface area (Å²) in [5.74, 6) is 1.95. The highest BCUT2D eigenvalue weighted by molar-refractivity contribution is 6.30. The SMILES string of the molecule is COc1ccc(CNc2nc(NCCOCCOCCNC(=O)c3ccccc3)nc(NCc3ccc(Cl)cc3)n2)cc1. The first kappa shape index (κ1) is 31.5. The molecule has 1 aromatic heterocycles. The number of nitrogens with one attached hydrogen (secondary N) is 4. The van der Waals surface area contributed by atoms with Crippen molar-refractivity contribution in [3.05, 3.63) is 101 Å². The lowest BCUT2D eigenvalue weighted by molar-refractivity contribution is 0.0519. The zero-order valence-electron chi connectivity index (χ0n) is 24.0. The summed E-state index contributed by atoms with van der Waals surface area (Å²) in [6.45, 7) is 3.66. The molecule has 0 saturated carbocycles. The van der Waals surface area contributed by atoms with Crippen LogP contribution in [0.4, 0.5) is 17.8 Å². The van der Waals surface area contributed by atoms with Crippen molar-refractivity contribution in [2.24, 2.45) is 0 Å². The van der Waals surface area contributed by atoms with E-state index in [1.165, 1.54) is 0 Å². The van der Waals surface area contributed by atoms with E-state index in [4.69, 9.17) is 25.8 Å². The van der Waals surface area contributed by atoms with Crippen LogP contribution < -0.4 is 26.0 Å². The fourth-order valence-electron chi connectivity index (χ4n) is 3.81. The van der Waals surface area contributed by atoms with E-state index < -0.39 is 0 Å². The molecule has 4 aromatic rings. The van der Waals surface area contributed by atoms with Crippen molar-refractivity contribution in [3.8, 4) is 5.75 Å². The maximum absolute atomic E-state index is 12.0. The topological polar surface area (TPSA) is 132 Å². The van der Waals surface area contributed by atoms with E-state index in [2.05, 4.69) is 36.2 Å². The van der Waals surface area contributed by atoms with Gasteiger partial charge in [-0.05, 0) is 47.5 Å². The summed E-state index contributed by atoms with van der Waals surface area (Å²) < 4.78 is 16.4. The third-order valence-corrected chi connectivity index (χ3v) is 6.33. The quantitative estimate of drug-likeness (QED) is 0.119. The number of hydrogen-bond acceptors (Lipinski definition) is 10. The number of carbonyl (C=O) groups is 1. The van der Waals surface area contributed by atoms with E-state index in [1.807, 2.05) is 66.7 Å². The number of anilines is 3. The second-order valence-electron chi connectivity index (χ2n) is 9.26. The molecular formula is C31H36ClN7O4. The van der Waals surface area contributed by atoms with Crippen LogP contribution in [0.5, 0.6) is 5.75 Å². The van der Waals surface area contributed by atoms with Gasteiger partial charge in [0.05, 0.1) is 33.5 Å². The van der Waals surface area contributed by atoms with Crippen molar-refractivity contribution in [2.75, 3.05) is 62.6 Å². The Morgan fingerprint density at radius 3 is 1.79 bits per heavy atom. The van der Waals surface area contributed by atoms with Crippen molar-refractivity contribution in [2.45, 2.75) is 13.1 Å². The predicted octanol–water partition coefficient (Wildman–Crippen LogP) is 4.63. The van der Waals surface area contributed by atoms with Gasteiger partial charge in [-0.25, -0.2) is 0 Å². The highest BCUT2D eigenvalue weighted by Gasteiger charge is 2.08. The number of hydrogen-bond donors (Lipinski definition) is 4. The number of carbonyl (C=O) groups excluding carboxylic acids is 1. The summed E-state index contributed by atoms with van der Waals surface area (Å²) in [4.78, 5) is 25.6. The average molecular weight is 606 g/mol. The van der Waals surface area contributed by atoms with Crippen molar-refractivity contribution in [1.29, 1.82) is 0 Å². The summed E-state index contributed by atoms with van der Waals surface area (Å²) in [7, 11) is 1.64. The van der Waals surface area contributed by atoms with Crippen LogP contribution in [0, 0.1) is 0 Å². The Bertz CT molecular complexity index is 1390. The van der Waals surface area contributed by atoms with E-state index in [9.17, 15) is 4.79 Å². The molecule has 0 aliphatic rings. The van der Waals surface area contributed by atoms with Gasteiger partial charge in [-0.1, -0.05) is 54.1 Å². The molecule has 0 fully saturated rings. The summed E-state index contributed by atoms with van der Waals surface area (Å²) >= 11 is 6.00. The van der Waals surface area contributed by atoms with Crippen molar-refractivity contribution in [3.63, 3.8) is 0 Å². The number of halogens is 1. The summed E-state index contributed by atoms with van der Waals surface area (Å²) in [5, 5.41) is 13.2. The third-order valence-electron chi connectivity index (χ3n) is 6.08. The molecule has 4 N–H and O–H groups in total. The minimum atomic E-state index is -0.118. The smallest absolute Gasteiger partial charge is 0.251 e. The molecule has 1 amide bonds. The number of benzene rings is 3. The van der Waals surface area contributed by atoms with Gasteiger partial charge in [0, 0.05) is 36.8 Å². The molecule has 0 aliphatic heterocycles. The highest BCUT2D eigenvalue weighted by Crippen LogP contribution is 2.15. The minimum absolute atomic E-state index is 0.118. The second-order valence-corrected chi connectivity index (χ2v) is 9.70. The van der Waals surface area contributed by atoms with Gasteiger partial charge >= 0.3 is 0 Å². The Balaban J connectivity index is 1.19. The third kappa shape index (κ3) is 11.4. The molecule has 4 rings (SSSR count). The first-order valence-electron chi connectivity index (χ1n) is 13.9. The van der Waals surface area contributed by atoms with Crippen LogP contribution in [-0.4, -0.2) is 67.5 Å². The summed E-state index contributed by atoms with van der Waals surface area (Å²) in [6.07, 6.45) is 0. The van der Waals surface area contributed by atoms with Crippen LogP contribution in [0.1, 0.15) is 21.5 Å². The lowest BCUT2D eigenvalue weighted by Crippen LogP contribution is -2.27. The molecule has 11 nitrogen and oxygen atoms in total. The monoisotopic (exact) mass is 605 g/mol. The van der Waals surface area contributed by atoms with Gasteiger partial charge < -0.3 is 35.5 Å². The molecule has 0 unspecified atom stereocenters. The Labute approximate surface area is 256 Å². The Morgan fingerprint density at radius 1 is 0.674 bits per heavy atom. The average Bonchev–Trinajstić information content (AvgIpc) is 3.05. The van der Waals surface area contributed by atoms with Gasteiger partial charge in [0.25, 0.3) is 5.91 Å². The van der Waals surface area contributed by atoms with Crippen LogP contribution >= 0.6 is 11.6 Å². The van der Waals surface area contributed by atoms with Crippen LogP contribution in [0.3, 0.4) is 0 Å². The lowest BCUT2D eigenvalue weighted by atomic mass is 10.2. The molecule has 3 aromatic carbocycles. The van der Waals surface area contributed by atoms with Crippen molar-refractivity contribution < 1.29 is 19.0 Å². The molecule has 0 bridgehead atoms. The molecular weight excluding hydrogens is 570 g/mol. The number of aromatic nitrogens is 3. The zero-order chi connectivity index (χ0) is 30.1. The standard InChI is InChI=1S/C31H36ClN7O4/c1-41-27-13-9-24(10-14-27)22-36-31-38-29(37-30(39-31)35-21-23-7-11-26(32)12-8-23)34-16-18-43-20-19-42-17-15-33-28(40)25-5-3-2-4-6-25/h2-14H,15-22H2,1H3,(H,33,40)(H3,34,35,36,37,38,39). The summed E-state index contributed by atoms with van der Waals surface area (Å²) in [6, 6.07) is 24.4. The number of methoxy groups -OCH3 is 1. The van der Waals surface area contributed by atoms with Gasteiger partial charge in [0.2, 0.25) is 17.8 Å². The first-order valence-corrected chi connectivity index (χ1v) is 14.3. The van der Waals surface area contributed by atoms with Gasteiger partial charge in [0.1, 0.15) is 5.75 Å². The number of ether oxygens (including phenoxy) is 3. The normalized spacial score (nSPS) is 10.7. The van der Waals surface area contributed by atoms with E-state index in [0.29, 0.717) is 81.0 Å². The van der Waals surface area contributed by atoms with Gasteiger partial charge in [-0.15, -0.1) is 0 Å². The van der Waals surface area contributed by atoms with Crippen LogP contribution in [0.25, 0.3) is 0 Å². The molecule has 226 valence electrons. The first-order chi connectivity index (χ1) is 21.1. The highest BCUT2D eigenvalue weighted by atomic mass is 35.5. The second kappa shape index (κ2) is 17.5. The maximum atomic E-state index is 12.0. The van der Waals surface area contributed by atoms with Crippen LogP contribution in [0.2, 0.25) is 5.02 Å². The van der Waals surface area contributed by atoms with E-state index in [0.717, 1.165) is 16.9 Å². The molecule has 0 spiro atoms. The molecule has 0 atom stereocenters. The molecule has 0 saturated heterocycles. The van der Waals surface area contributed by atoms with E-state index in [-0.39, 0.29) is 5.91 Å². The molecule has 0 aliphatic carbocycles. The number of rotatable bonds is 18. The minimum Gasteiger partial charge on any atom is -0.497 e. The Hall–Kier alpha value is -4.45. The van der Waals surface area contributed by atoms with Crippen LogP contribution in [0.15, 0.2) is 78.9 Å². The molecule has 12 heteroatoms. The predicted molar refractivity (Wildman–Crippen MR) is 168 cm³/mol. The zero-order valence-corrected chi connectivity index (χ0v) is 24.8. The number of amides is 1. The fraction of sp³-hybridized carbons (Fsp3) is 0.290. The lowest BCUT2D eigenvalue weighted by Gasteiger charge is -2.12. The molecule has 1 heterocycles. The number of nitrogens with zero attached hydrogens (tertiary/aromatic N) is 3. The van der Waals surface area contributed by atoms with Gasteiger partial charge in [-0.2, -0.15) is 15.0 Å². The fourth-order valence-corrected chi connectivity index (χ4v) is 3.93. The Kier molecular flexibility index (Phi) is 12.8. The van der Waals surface area contributed by atoms with Gasteiger partial charge in [-0.3, -0.25) is 4.79 Å². The summed E-state index contributed by atoms with van der Waals surface area (Å²) in [5.41, 5.74) is 2.72. The molecule has 0 radical (unpaired) electrons.